The summed E-state index contributed by atoms with van der Waals surface area (Å²) in [6, 6.07) is 15.5. The Balaban J connectivity index is 1.58. The summed E-state index contributed by atoms with van der Waals surface area (Å²) in [5.41, 5.74) is 1.28. The Kier molecular flexibility index (Phi) is 7.09. The highest BCUT2D eigenvalue weighted by molar-refractivity contribution is 8.18. The van der Waals surface area contributed by atoms with Crippen LogP contribution in [0.5, 0.6) is 5.75 Å². The highest BCUT2D eigenvalue weighted by atomic mass is 35.5. The smallest absolute Gasteiger partial charge is 0.337 e. The lowest BCUT2D eigenvalue weighted by Crippen LogP contribution is -2.28. The van der Waals surface area contributed by atoms with Crippen LogP contribution >= 0.6 is 23.4 Å². The molecule has 9 heteroatoms. The predicted octanol–water partition coefficient (Wildman–Crippen LogP) is 6.32. The third-order valence-corrected chi connectivity index (χ3v) is 6.29. The van der Waals surface area contributed by atoms with Crippen LogP contribution < -0.4 is 4.74 Å². The summed E-state index contributed by atoms with van der Waals surface area (Å²) >= 11 is 7.22. The van der Waals surface area contributed by atoms with E-state index in [-0.39, 0.29) is 16.5 Å². The Morgan fingerprint density at radius 1 is 1.18 bits per heavy atom. The number of benzene rings is 2. The Morgan fingerprint density at radius 2 is 1.94 bits per heavy atom. The van der Waals surface area contributed by atoms with Crippen molar-refractivity contribution in [3.05, 3.63) is 75.8 Å². The number of ether oxygens (including phenoxy) is 1. The highest BCUT2D eigenvalue weighted by Crippen LogP contribution is 2.35. The lowest BCUT2D eigenvalue weighted by Gasteiger charge is -2.12. The number of carbonyl (C=O) groups excluding carboxylic acids is 1. The van der Waals surface area contributed by atoms with E-state index in [1.807, 2.05) is 38.1 Å². The van der Waals surface area contributed by atoms with Crippen molar-refractivity contribution in [2.75, 3.05) is 13.2 Å². The second kappa shape index (κ2) is 10.2. The molecule has 2 heterocycles. The van der Waals surface area contributed by atoms with Gasteiger partial charge in [0.1, 0.15) is 17.3 Å². The third kappa shape index (κ3) is 5.03. The fourth-order valence-electron chi connectivity index (χ4n) is 3.32. The average Bonchev–Trinajstić information content (AvgIpc) is 3.40. The molecule has 1 saturated heterocycles. The molecule has 4 rings (SSSR count). The van der Waals surface area contributed by atoms with Gasteiger partial charge in [-0.05, 0) is 80.2 Å². The number of carboxylic acids is 1. The van der Waals surface area contributed by atoms with Gasteiger partial charge in [0.05, 0.1) is 27.8 Å². The molecule has 0 bridgehead atoms. The van der Waals surface area contributed by atoms with Gasteiger partial charge >= 0.3 is 5.97 Å². The number of likely N-dealkylation sites (N-methyl/N-ethyl adjacent to an activating group) is 1. The van der Waals surface area contributed by atoms with Crippen molar-refractivity contribution < 1.29 is 23.8 Å². The summed E-state index contributed by atoms with van der Waals surface area (Å²) in [7, 11) is 0. The molecule has 1 aliphatic heterocycles. The van der Waals surface area contributed by atoms with Crippen LogP contribution in [0.15, 0.2) is 68.9 Å². The first-order valence-corrected chi connectivity index (χ1v) is 11.7. The quantitative estimate of drug-likeness (QED) is 0.385. The van der Waals surface area contributed by atoms with Gasteiger partial charge in [0.2, 0.25) is 0 Å². The van der Waals surface area contributed by atoms with Gasteiger partial charge in [-0.25, -0.2) is 9.79 Å². The molecule has 7 nitrogen and oxygen atoms in total. The van der Waals surface area contributed by atoms with E-state index in [0.29, 0.717) is 40.3 Å². The zero-order chi connectivity index (χ0) is 24.2. The lowest BCUT2D eigenvalue weighted by molar-refractivity contribution is -0.122. The van der Waals surface area contributed by atoms with E-state index in [1.54, 1.807) is 29.2 Å². The molecule has 0 atom stereocenters. The maximum Gasteiger partial charge on any atom is 0.337 e. The number of aliphatic imine (C=N–C) groups is 1. The molecule has 0 unspecified atom stereocenters. The molecule has 1 aromatic heterocycles. The van der Waals surface area contributed by atoms with Gasteiger partial charge in [0.15, 0.2) is 5.17 Å². The van der Waals surface area contributed by atoms with E-state index < -0.39 is 5.97 Å². The van der Waals surface area contributed by atoms with E-state index in [2.05, 4.69) is 4.99 Å². The fourth-order valence-corrected chi connectivity index (χ4v) is 4.56. The van der Waals surface area contributed by atoms with Crippen LogP contribution in [0.1, 0.15) is 30.0 Å². The maximum atomic E-state index is 12.9. The number of aromatic carboxylic acids is 1. The molecule has 1 fully saturated rings. The molecule has 0 spiro atoms. The predicted molar refractivity (Wildman–Crippen MR) is 134 cm³/mol. The minimum atomic E-state index is -1.12. The van der Waals surface area contributed by atoms with Gasteiger partial charge in [0.25, 0.3) is 5.91 Å². The van der Waals surface area contributed by atoms with Crippen LogP contribution in [0.3, 0.4) is 0 Å². The average molecular weight is 497 g/mol. The van der Waals surface area contributed by atoms with Crippen molar-refractivity contribution in [3.8, 4) is 17.1 Å². The van der Waals surface area contributed by atoms with E-state index in [9.17, 15) is 14.7 Å². The number of halogens is 1. The third-order valence-electron chi connectivity index (χ3n) is 4.96. The lowest BCUT2D eigenvalue weighted by atomic mass is 10.1. The van der Waals surface area contributed by atoms with E-state index in [1.165, 1.54) is 23.9 Å². The summed E-state index contributed by atoms with van der Waals surface area (Å²) in [6.45, 7) is 4.88. The number of hydrogen-bond acceptors (Lipinski definition) is 6. The number of amidine groups is 1. The Bertz CT molecular complexity index is 1300. The number of furan rings is 1. The minimum absolute atomic E-state index is 0.00859. The van der Waals surface area contributed by atoms with Crippen molar-refractivity contribution in [3.63, 3.8) is 0 Å². The molecule has 174 valence electrons. The van der Waals surface area contributed by atoms with Gasteiger partial charge in [-0.1, -0.05) is 11.6 Å². The van der Waals surface area contributed by atoms with Gasteiger partial charge in [-0.2, -0.15) is 0 Å². The number of thioether (sulfide) groups is 1. The summed E-state index contributed by atoms with van der Waals surface area (Å²) in [5.74, 6) is 0.426. The molecule has 1 N–H and O–H groups in total. The number of nitrogens with zero attached hydrogens (tertiary/aromatic N) is 2. The van der Waals surface area contributed by atoms with Crippen molar-refractivity contribution in [1.29, 1.82) is 0 Å². The number of hydrogen-bond donors (Lipinski definition) is 1. The maximum absolute atomic E-state index is 12.9. The van der Waals surface area contributed by atoms with Crippen LogP contribution in [0.2, 0.25) is 5.02 Å². The van der Waals surface area contributed by atoms with E-state index >= 15 is 0 Å². The molecule has 0 aliphatic carbocycles. The van der Waals surface area contributed by atoms with Crippen LogP contribution in [-0.4, -0.2) is 40.2 Å². The molecule has 1 aliphatic rings. The van der Waals surface area contributed by atoms with Gasteiger partial charge in [-0.3, -0.25) is 9.69 Å². The molecular weight excluding hydrogens is 476 g/mol. The second-order valence-corrected chi connectivity index (χ2v) is 8.60. The Labute approximate surface area is 205 Å². The van der Waals surface area contributed by atoms with Gasteiger partial charge in [0, 0.05) is 18.2 Å². The molecule has 0 saturated carbocycles. The molecular formula is C25H21ClN2O5S. The standard InChI is InChI=1S/C25H21ClN2O5S/c1-3-28-23(29)22(34-25(28)27-16-6-8-17(9-7-16)32-4-2)14-18-10-12-21(33-18)15-5-11-20(26)19(13-15)24(30)31/h5-14H,3-4H2,1-2H3,(H,30,31)/b22-14+,27-25?. The summed E-state index contributed by atoms with van der Waals surface area (Å²) in [6.07, 6.45) is 1.66. The van der Waals surface area contributed by atoms with Crippen molar-refractivity contribution >= 4 is 52.2 Å². The largest absolute Gasteiger partial charge is 0.494 e. The molecule has 2 aromatic carbocycles. The van der Waals surface area contributed by atoms with Crippen LogP contribution in [-0.2, 0) is 4.79 Å². The number of carboxylic acid groups (broad SMARTS) is 1. The monoisotopic (exact) mass is 496 g/mol. The topological polar surface area (TPSA) is 92.3 Å². The SMILES string of the molecule is CCOc1ccc(N=C2S/C(=C/c3ccc(-c4ccc(Cl)c(C(=O)O)c4)o3)C(=O)N2CC)cc1. The van der Waals surface area contributed by atoms with Crippen LogP contribution in [0.4, 0.5) is 5.69 Å². The first kappa shape index (κ1) is 23.7. The van der Waals surface area contributed by atoms with Crippen molar-refractivity contribution in [1.82, 2.24) is 4.90 Å². The first-order chi connectivity index (χ1) is 16.4. The molecule has 34 heavy (non-hydrogen) atoms. The Hall–Kier alpha value is -3.49. The highest BCUT2D eigenvalue weighted by Gasteiger charge is 2.32. The molecule has 1 amide bonds. The van der Waals surface area contributed by atoms with Crippen molar-refractivity contribution in [2.45, 2.75) is 13.8 Å². The minimum Gasteiger partial charge on any atom is -0.494 e. The summed E-state index contributed by atoms with van der Waals surface area (Å²) < 4.78 is 11.3. The normalized spacial score (nSPS) is 16.0. The molecule has 0 radical (unpaired) electrons. The van der Waals surface area contributed by atoms with Crippen LogP contribution in [0, 0.1) is 0 Å². The van der Waals surface area contributed by atoms with Gasteiger partial charge in [-0.15, -0.1) is 0 Å². The Morgan fingerprint density at radius 3 is 2.62 bits per heavy atom. The van der Waals surface area contributed by atoms with E-state index in [4.69, 9.17) is 20.8 Å². The van der Waals surface area contributed by atoms with E-state index in [0.717, 1.165) is 11.4 Å². The number of carbonyl (C=O) groups is 2. The second-order valence-electron chi connectivity index (χ2n) is 7.18. The molecule has 3 aromatic rings. The first-order valence-electron chi connectivity index (χ1n) is 10.6. The number of amides is 1. The number of rotatable bonds is 7. The summed E-state index contributed by atoms with van der Waals surface area (Å²) in [5, 5.41) is 10.0. The fraction of sp³-hybridized carbons (Fsp3) is 0.160. The zero-order valence-corrected chi connectivity index (χ0v) is 20.0. The van der Waals surface area contributed by atoms with Crippen LogP contribution in [0.25, 0.3) is 17.4 Å². The summed E-state index contributed by atoms with van der Waals surface area (Å²) in [4.78, 5) is 31.0. The van der Waals surface area contributed by atoms with Crippen molar-refractivity contribution in [2.24, 2.45) is 4.99 Å². The van der Waals surface area contributed by atoms with Gasteiger partial charge < -0.3 is 14.3 Å². The zero-order valence-electron chi connectivity index (χ0n) is 18.4.